The Hall–Kier alpha value is -2.71. The van der Waals surface area contributed by atoms with Gasteiger partial charge in [-0.1, -0.05) is 0 Å². The van der Waals surface area contributed by atoms with Gasteiger partial charge in [0, 0.05) is 44.1 Å². The van der Waals surface area contributed by atoms with Gasteiger partial charge in [-0.2, -0.15) is 10.2 Å². The van der Waals surface area contributed by atoms with Crippen LogP contribution in [-0.2, 0) is 11.8 Å². The molecule has 9 heteroatoms. The van der Waals surface area contributed by atoms with Gasteiger partial charge in [-0.25, -0.2) is 9.07 Å². The lowest BCUT2D eigenvalue weighted by atomic mass is 9.90. The molecule has 1 saturated heterocycles. The van der Waals surface area contributed by atoms with Crippen molar-refractivity contribution in [2.45, 2.75) is 12.8 Å². The predicted octanol–water partition coefficient (Wildman–Crippen LogP) is 2.42. The summed E-state index contributed by atoms with van der Waals surface area (Å²) in [5.74, 6) is -0.749. The molecular formula is C19H22ClFN6O. The van der Waals surface area contributed by atoms with Crippen molar-refractivity contribution in [2.75, 3.05) is 18.4 Å². The van der Waals surface area contributed by atoms with E-state index in [1.54, 1.807) is 35.4 Å². The highest BCUT2D eigenvalue weighted by atomic mass is 35.5. The van der Waals surface area contributed by atoms with Crippen molar-refractivity contribution in [2.24, 2.45) is 13.0 Å². The molecule has 4 rings (SSSR count). The average molecular weight is 405 g/mol. The quantitative estimate of drug-likeness (QED) is 0.700. The normalized spacial score (nSPS) is 18.7. The number of halogens is 2. The van der Waals surface area contributed by atoms with Crippen molar-refractivity contribution < 1.29 is 9.18 Å². The summed E-state index contributed by atoms with van der Waals surface area (Å²) in [4.78, 5) is 12.8. The Bertz CT molecular complexity index is 984. The van der Waals surface area contributed by atoms with Crippen LogP contribution >= 0.6 is 12.4 Å². The molecule has 0 spiro atoms. The first-order valence-corrected chi connectivity index (χ1v) is 8.82. The van der Waals surface area contributed by atoms with Crippen LogP contribution in [0.3, 0.4) is 0 Å². The van der Waals surface area contributed by atoms with Crippen LogP contribution in [-0.4, -0.2) is 38.6 Å². The highest BCUT2D eigenvalue weighted by Crippen LogP contribution is 2.29. The lowest BCUT2D eigenvalue weighted by Crippen LogP contribution is -2.28. The summed E-state index contributed by atoms with van der Waals surface area (Å²) >= 11 is 0. The van der Waals surface area contributed by atoms with Crippen molar-refractivity contribution in [3.63, 3.8) is 0 Å². The number of nitrogens with zero attached hydrogens (tertiary/aromatic N) is 4. The second-order valence-corrected chi connectivity index (χ2v) is 6.94. The summed E-state index contributed by atoms with van der Waals surface area (Å²) in [6.07, 6.45) is 7.14. The number of carbonyl (C=O) groups is 1. The number of hydrogen-bond donors (Lipinski definition) is 2. The highest BCUT2D eigenvalue weighted by Gasteiger charge is 2.34. The van der Waals surface area contributed by atoms with E-state index in [4.69, 9.17) is 0 Å². The van der Waals surface area contributed by atoms with Gasteiger partial charge >= 0.3 is 0 Å². The van der Waals surface area contributed by atoms with E-state index in [-0.39, 0.29) is 30.2 Å². The summed E-state index contributed by atoms with van der Waals surface area (Å²) in [5, 5.41) is 14.4. The first-order valence-electron chi connectivity index (χ1n) is 8.82. The van der Waals surface area contributed by atoms with Gasteiger partial charge in [-0.05, 0) is 36.2 Å². The van der Waals surface area contributed by atoms with Gasteiger partial charge in [0.15, 0.2) is 5.82 Å². The molecular weight excluding hydrogens is 383 g/mol. The monoisotopic (exact) mass is 404 g/mol. The van der Waals surface area contributed by atoms with Gasteiger partial charge in [-0.3, -0.25) is 9.48 Å². The SMILES string of the molecule is Cc1cnn(-c2ccc(NC(=O)[C@H]3CNC[C@@H]3c3cnn(C)c3)cc2F)c1.Cl. The molecule has 7 nitrogen and oxygen atoms in total. The predicted molar refractivity (Wildman–Crippen MR) is 106 cm³/mol. The molecule has 28 heavy (non-hydrogen) atoms. The summed E-state index contributed by atoms with van der Waals surface area (Å²) in [5.41, 5.74) is 2.75. The maximum atomic E-state index is 14.5. The molecule has 1 aliphatic heterocycles. The molecule has 2 N–H and O–H groups in total. The second-order valence-electron chi connectivity index (χ2n) is 6.94. The van der Waals surface area contributed by atoms with Crippen molar-refractivity contribution in [3.8, 4) is 5.69 Å². The summed E-state index contributed by atoms with van der Waals surface area (Å²) in [6.45, 7) is 3.19. The van der Waals surface area contributed by atoms with E-state index in [2.05, 4.69) is 20.8 Å². The maximum Gasteiger partial charge on any atom is 0.229 e. The zero-order valence-electron chi connectivity index (χ0n) is 15.6. The van der Waals surface area contributed by atoms with Crippen LogP contribution in [0, 0.1) is 18.7 Å². The van der Waals surface area contributed by atoms with E-state index in [1.165, 1.54) is 10.7 Å². The number of carbonyl (C=O) groups excluding carboxylic acids is 1. The minimum atomic E-state index is -0.441. The fourth-order valence-corrected chi connectivity index (χ4v) is 3.49. The smallest absolute Gasteiger partial charge is 0.229 e. The number of amides is 1. The number of rotatable bonds is 4. The molecule has 3 aromatic rings. The molecule has 0 saturated carbocycles. The third kappa shape index (κ3) is 3.93. The first-order chi connectivity index (χ1) is 13.0. The van der Waals surface area contributed by atoms with Gasteiger partial charge in [0.05, 0.1) is 18.3 Å². The van der Waals surface area contributed by atoms with E-state index in [1.807, 2.05) is 20.2 Å². The second kappa shape index (κ2) is 8.12. The Balaban J connectivity index is 0.00000225. The number of aryl methyl sites for hydroxylation is 2. The number of anilines is 1. The topological polar surface area (TPSA) is 76.8 Å². The molecule has 1 aliphatic rings. The van der Waals surface area contributed by atoms with Gasteiger partial charge in [-0.15, -0.1) is 12.4 Å². The van der Waals surface area contributed by atoms with Crippen LogP contribution in [0.4, 0.5) is 10.1 Å². The lowest BCUT2D eigenvalue weighted by molar-refractivity contribution is -0.119. The van der Waals surface area contributed by atoms with Crippen LogP contribution in [0.5, 0.6) is 0 Å². The number of hydrogen-bond acceptors (Lipinski definition) is 4. The van der Waals surface area contributed by atoms with Crippen molar-refractivity contribution in [1.82, 2.24) is 24.9 Å². The highest BCUT2D eigenvalue weighted by molar-refractivity contribution is 5.93. The standard InChI is InChI=1S/C19H21FN6O.ClH/c1-12-6-23-26(10-12)18-4-3-14(5-17(18)20)24-19(27)16-9-21-8-15(16)13-7-22-25(2)11-13;/h3-7,10-11,15-16,21H,8-9H2,1-2H3,(H,24,27);1H/t15-,16+;/m1./s1. The van der Waals surface area contributed by atoms with Crippen molar-refractivity contribution >= 4 is 24.0 Å². The third-order valence-electron chi connectivity index (χ3n) is 4.88. The number of benzene rings is 1. The summed E-state index contributed by atoms with van der Waals surface area (Å²) in [6, 6.07) is 4.63. The van der Waals surface area contributed by atoms with Gasteiger partial charge in [0.25, 0.3) is 0 Å². The van der Waals surface area contributed by atoms with Crippen LogP contribution in [0.2, 0.25) is 0 Å². The van der Waals surface area contributed by atoms with Crippen LogP contribution < -0.4 is 10.6 Å². The van der Waals surface area contributed by atoms with Gasteiger partial charge < -0.3 is 10.6 Å². The van der Waals surface area contributed by atoms with E-state index < -0.39 is 5.82 Å². The molecule has 0 unspecified atom stereocenters. The molecule has 1 fully saturated rings. The molecule has 0 radical (unpaired) electrons. The number of nitrogens with one attached hydrogen (secondary N) is 2. The minimum absolute atomic E-state index is 0. The molecule has 2 aromatic heterocycles. The van der Waals surface area contributed by atoms with E-state index >= 15 is 0 Å². The van der Waals surface area contributed by atoms with Gasteiger partial charge in [0.2, 0.25) is 5.91 Å². The molecule has 148 valence electrons. The average Bonchev–Trinajstić information content (AvgIpc) is 3.35. The Labute approximate surface area is 168 Å². The zero-order chi connectivity index (χ0) is 19.0. The molecule has 3 heterocycles. The maximum absolute atomic E-state index is 14.5. The molecule has 1 aromatic carbocycles. The largest absolute Gasteiger partial charge is 0.326 e. The van der Waals surface area contributed by atoms with E-state index in [0.717, 1.165) is 17.7 Å². The third-order valence-corrected chi connectivity index (χ3v) is 4.88. The molecule has 1 amide bonds. The van der Waals surface area contributed by atoms with E-state index in [9.17, 15) is 9.18 Å². The molecule has 0 bridgehead atoms. The molecule has 2 atom stereocenters. The zero-order valence-corrected chi connectivity index (χ0v) is 16.4. The Morgan fingerprint density at radius 3 is 2.71 bits per heavy atom. The summed E-state index contributed by atoms with van der Waals surface area (Å²) < 4.78 is 17.7. The molecule has 0 aliphatic carbocycles. The summed E-state index contributed by atoms with van der Waals surface area (Å²) in [7, 11) is 1.85. The van der Waals surface area contributed by atoms with Crippen LogP contribution in [0.25, 0.3) is 5.69 Å². The van der Waals surface area contributed by atoms with Crippen molar-refractivity contribution in [1.29, 1.82) is 0 Å². The van der Waals surface area contributed by atoms with E-state index in [0.29, 0.717) is 17.9 Å². The lowest BCUT2D eigenvalue weighted by Gasteiger charge is -2.17. The van der Waals surface area contributed by atoms with Crippen molar-refractivity contribution in [3.05, 3.63) is 59.9 Å². The fourth-order valence-electron chi connectivity index (χ4n) is 3.49. The first kappa shape index (κ1) is 20.0. The Morgan fingerprint density at radius 2 is 2.07 bits per heavy atom. The Morgan fingerprint density at radius 1 is 1.25 bits per heavy atom. The Kier molecular flexibility index (Phi) is 5.81. The number of aromatic nitrogens is 4. The minimum Gasteiger partial charge on any atom is -0.326 e. The fraction of sp³-hybridized carbons (Fsp3) is 0.316. The van der Waals surface area contributed by atoms with Gasteiger partial charge in [0.1, 0.15) is 5.69 Å². The van der Waals surface area contributed by atoms with Crippen LogP contribution in [0.1, 0.15) is 17.0 Å². The van der Waals surface area contributed by atoms with Crippen LogP contribution in [0.15, 0.2) is 43.0 Å².